The number of hydrogen-bond donors (Lipinski definition) is 1. The molecule has 0 aliphatic carbocycles. The summed E-state index contributed by atoms with van der Waals surface area (Å²) in [6.45, 7) is 7.45. The highest BCUT2D eigenvalue weighted by molar-refractivity contribution is 7.15. The molecule has 0 saturated heterocycles. The van der Waals surface area contributed by atoms with E-state index in [1.165, 1.54) is 10.6 Å². The highest BCUT2D eigenvalue weighted by Gasteiger charge is 2.12. The minimum absolute atomic E-state index is 0.492. The molecule has 0 radical (unpaired) electrons. The quantitative estimate of drug-likeness (QED) is 0.829. The summed E-state index contributed by atoms with van der Waals surface area (Å²) in [4.78, 5) is 6.20. The molecule has 0 unspecified atom stereocenters. The lowest BCUT2D eigenvalue weighted by molar-refractivity contribution is 0.415. The van der Waals surface area contributed by atoms with E-state index in [0.717, 1.165) is 35.7 Å². The molecule has 0 amide bonds. The predicted octanol–water partition coefficient (Wildman–Crippen LogP) is 4.27. The van der Waals surface area contributed by atoms with Gasteiger partial charge in [-0.15, -0.1) is 11.3 Å². The van der Waals surface area contributed by atoms with E-state index < -0.39 is 0 Å². The summed E-state index contributed by atoms with van der Waals surface area (Å²) < 4.78 is 5.21. The number of rotatable bonds is 7. The number of benzene rings is 1. The van der Waals surface area contributed by atoms with Crippen LogP contribution in [0.2, 0.25) is 0 Å². The van der Waals surface area contributed by atoms with Gasteiger partial charge in [-0.1, -0.05) is 27.2 Å². The van der Waals surface area contributed by atoms with Gasteiger partial charge >= 0.3 is 0 Å². The Kier molecular flexibility index (Phi) is 5.76. The molecular formula is C17H24N2OS. The van der Waals surface area contributed by atoms with Crippen LogP contribution in [0, 0.1) is 0 Å². The Bertz CT molecular complexity index is 561. The van der Waals surface area contributed by atoms with Gasteiger partial charge in [0.25, 0.3) is 0 Å². The number of aromatic nitrogens is 1. The van der Waals surface area contributed by atoms with Gasteiger partial charge in [0.05, 0.1) is 12.8 Å². The zero-order valence-electron chi connectivity index (χ0n) is 13.3. The standard InChI is InChI=1S/C17H24N2OS/c1-5-6-15-16(11-18-12(2)3)21-17(19-15)13-7-9-14(20-4)10-8-13/h7-10,12,18H,5-6,11H2,1-4H3. The zero-order valence-corrected chi connectivity index (χ0v) is 14.1. The van der Waals surface area contributed by atoms with Crippen molar-refractivity contribution in [3.05, 3.63) is 34.8 Å². The molecule has 0 bridgehead atoms. The molecule has 21 heavy (non-hydrogen) atoms. The summed E-state index contributed by atoms with van der Waals surface area (Å²) in [6.07, 6.45) is 2.17. The van der Waals surface area contributed by atoms with E-state index in [1.807, 2.05) is 12.1 Å². The molecule has 0 aliphatic heterocycles. The Balaban J connectivity index is 2.24. The van der Waals surface area contributed by atoms with E-state index in [-0.39, 0.29) is 0 Å². The Labute approximate surface area is 131 Å². The van der Waals surface area contributed by atoms with Crippen molar-refractivity contribution in [1.82, 2.24) is 10.3 Å². The third-order valence-corrected chi connectivity index (χ3v) is 4.42. The van der Waals surface area contributed by atoms with Crippen LogP contribution >= 0.6 is 11.3 Å². The fourth-order valence-corrected chi connectivity index (χ4v) is 3.17. The molecule has 0 atom stereocenters. The molecule has 0 aliphatic rings. The second kappa shape index (κ2) is 7.57. The zero-order chi connectivity index (χ0) is 15.2. The van der Waals surface area contributed by atoms with E-state index in [2.05, 4.69) is 38.2 Å². The average molecular weight is 304 g/mol. The molecule has 0 spiro atoms. The molecule has 2 aromatic rings. The van der Waals surface area contributed by atoms with Gasteiger partial charge in [0.2, 0.25) is 0 Å². The van der Waals surface area contributed by atoms with E-state index in [1.54, 1.807) is 18.4 Å². The van der Waals surface area contributed by atoms with Gasteiger partial charge in [-0.2, -0.15) is 0 Å². The lowest BCUT2D eigenvalue weighted by Crippen LogP contribution is -2.21. The van der Waals surface area contributed by atoms with Crippen molar-refractivity contribution in [2.45, 2.75) is 46.2 Å². The minimum Gasteiger partial charge on any atom is -0.497 e. The van der Waals surface area contributed by atoms with Crippen molar-refractivity contribution >= 4 is 11.3 Å². The molecule has 1 heterocycles. The van der Waals surface area contributed by atoms with Gasteiger partial charge in [0, 0.05) is 23.0 Å². The fraction of sp³-hybridized carbons (Fsp3) is 0.471. The van der Waals surface area contributed by atoms with Gasteiger partial charge in [-0.25, -0.2) is 4.98 Å². The van der Waals surface area contributed by atoms with Gasteiger partial charge in [-0.3, -0.25) is 0 Å². The molecule has 0 saturated carbocycles. The summed E-state index contributed by atoms with van der Waals surface area (Å²) >= 11 is 1.79. The maximum absolute atomic E-state index is 5.21. The summed E-state index contributed by atoms with van der Waals surface area (Å²) in [7, 11) is 1.69. The maximum Gasteiger partial charge on any atom is 0.123 e. The normalized spacial score (nSPS) is 11.1. The first-order chi connectivity index (χ1) is 10.1. The maximum atomic E-state index is 5.21. The summed E-state index contributed by atoms with van der Waals surface area (Å²) in [5.74, 6) is 0.880. The highest BCUT2D eigenvalue weighted by atomic mass is 32.1. The number of nitrogens with one attached hydrogen (secondary N) is 1. The lowest BCUT2D eigenvalue weighted by atomic mass is 10.2. The summed E-state index contributed by atoms with van der Waals surface area (Å²) in [6, 6.07) is 8.62. The smallest absolute Gasteiger partial charge is 0.123 e. The molecule has 0 fully saturated rings. The van der Waals surface area contributed by atoms with Crippen molar-refractivity contribution < 1.29 is 4.74 Å². The van der Waals surface area contributed by atoms with E-state index >= 15 is 0 Å². The third-order valence-electron chi connectivity index (χ3n) is 3.27. The van der Waals surface area contributed by atoms with Crippen molar-refractivity contribution in [3.63, 3.8) is 0 Å². The number of thiazole rings is 1. The first kappa shape index (κ1) is 16.0. The van der Waals surface area contributed by atoms with Crippen LogP contribution in [-0.2, 0) is 13.0 Å². The van der Waals surface area contributed by atoms with Crippen molar-refractivity contribution in [1.29, 1.82) is 0 Å². The van der Waals surface area contributed by atoms with E-state index in [9.17, 15) is 0 Å². The monoisotopic (exact) mass is 304 g/mol. The van der Waals surface area contributed by atoms with Gasteiger partial charge in [0.15, 0.2) is 0 Å². The van der Waals surface area contributed by atoms with Crippen LogP contribution in [0.4, 0.5) is 0 Å². The van der Waals surface area contributed by atoms with Crippen LogP contribution in [0.1, 0.15) is 37.8 Å². The van der Waals surface area contributed by atoms with Crippen LogP contribution in [0.3, 0.4) is 0 Å². The Morgan fingerprint density at radius 1 is 1.24 bits per heavy atom. The van der Waals surface area contributed by atoms with Crippen LogP contribution in [0.5, 0.6) is 5.75 Å². The van der Waals surface area contributed by atoms with Crippen molar-refractivity contribution in [2.75, 3.05) is 7.11 Å². The van der Waals surface area contributed by atoms with Crippen molar-refractivity contribution in [2.24, 2.45) is 0 Å². The van der Waals surface area contributed by atoms with Gasteiger partial charge in [-0.05, 0) is 30.7 Å². The molecular weight excluding hydrogens is 280 g/mol. The average Bonchev–Trinajstić information content (AvgIpc) is 2.89. The summed E-state index contributed by atoms with van der Waals surface area (Å²) in [5.41, 5.74) is 2.40. The molecule has 1 N–H and O–H groups in total. The second-order valence-corrected chi connectivity index (χ2v) is 6.49. The Morgan fingerprint density at radius 3 is 2.52 bits per heavy atom. The SMILES string of the molecule is CCCc1nc(-c2ccc(OC)cc2)sc1CNC(C)C. The minimum atomic E-state index is 0.492. The topological polar surface area (TPSA) is 34.1 Å². The Morgan fingerprint density at radius 2 is 1.95 bits per heavy atom. The number of aryl methyl sites for hydroxylation is 1. The third kappa shape index (κ3) is 4.29. The van der Waals surface area contributed by atoms with Crippen molar-refractivity contribution in [3.8, 4) is 16.3 Å². The lowest BCUT2D eigenvalue weighted by Gasteiger charge is -2.07. The number of hydrogen-bond acceptors (Lipinski definition) is 4. The number of ether oxygens (including phenoxy) is 1. The molecule has 3 nitrogen and oxygen atoms in total. The molecule has 4 heteroatoms. The molecule has 114 valence electrons. The number of methoxy groups -OCH3 is 1. The van der Waals surface area contributed by atoms with Crippen LogP contribution in [0.15, 0.2) is 24.3 Å². The molecule has 2 rings (SSSR count). The molecule has 1 aromatic carbocycles. The predicted molar refractivity (Wildman–Crippen MR) is 90.1 cm³/mol. The highest BCUT2D eigenvalue weighted by Crippen LogP contribution is 2.30. The van der Waals surface area contributed by atoms with E-state index in [4.69, 9.17) is 9.72 Å². The largest absolute Gasteiger partial charge is 0.497 e. The summed E-state index contributed by atoms with van der Waals surface area (Å²) in [5, 5.41) is 4.59. The number of nitrogens with zero attached hydrogens (tertiary/aromatic N) is 1. The van der Waals surface area contributed by atoms with Gasteiger partial charge < -0.3 is 10.1 Å². The van der Waals surface area contributed by atoms with Crippen LogP contribution < -0.4 is 10.1 Å². The van der Waals surface area contributed by atoms with Crippen LogP contribution in [0.25, 0.3) is 10.6 Å². The first-order valence-electron chi connectivity index (χ1n) is 7.50. The van der Waals surface area contributed by atoms with Crippen LogP contribution in [-0.4, -0.2) is 18.1 Å². The van der Waals surface area contributed by atoms with E-state index in [0.29, 0.717) is 6.04 Å². The van der Waals surface area contributed by atoms with Gasteiger partial charge in [0.1, 0.15) is 10.8 Å². The molecule has 1 aromatic heterocycles. The Hall–Kier alpha value is -1.39. The fourth-order valence-electron chi connectivity index (χ4n) is 2.11. The second-order valence-electron chi connectivity index (χ2n) is 5.40. The first-order valence-corrected chi connectivity index (χ1v) is 8.32.